The van der Waals surface area contributed by atoms with Crippen LogP contribution in [-0.4, -0.2) is 161 Å². The minimum atomic E-state index is -3.37. The first kappa shape index (κ1) is 67.3. The van der Waals surface area contributed by atoms with Gasteiger partial charge in [0.1, 0.15) is 0 Å². The summed E-state index contributed by atoms with van der Waals surface area (Å²) in [5, 5.41) is 26.1. The van der Waals surface area contributed by atoms with Gasteiger partial charge in [0.15, 0.2) is 5.92 Å². The Morgan fingerprint density at radius 3 is 1.03 bits per heavy atom. The molecule has 4 aromatic rings. The highest BCUT2D eigenvalue weighted by atomic mass is 32.2. The van der Waals surface area contributed by atoms with E-state index in [0.717, 1.165) is 28.5 Å². The van der Waals surface area contributed by atoms with Crippen molar-refractivity contribution < 1.29 is 84.9 Å². The second-order valence-electron chi connectivity index (χ2n) is 15.7. The third-order valence-electron chi connectivity index (χ3n) is 9.57. The number of rotatable bonds is 38. The summed E-state index contributed by atoms with van der Waals surface area (Å²) in [4.78, 5) is 23.6. The molecule has 4 rings (SSSR count). The molecular weight excluding hydrogens is 981 g/mol. The molecule has 0 aliphatic rings. The largest absolute Gasteiger partial charge is 0.465 e. The number of hydrogen-bond acceptors (Lipinski definition) is 18. The Balaban J connectivity index is 0.000000502. The van der Waals surface area contributed by atoms with E-state index in [1.54, 1.807) is 13.8 Å². The fourth-order valence-corrected chi connectivity index (χ4v) is 6.13. The van der Waals surface area contributed by atoms with Crippen LogP contribution in [0.4, 0.5) is 0 Å². The molecule has 0 aliphatic heterocycles. The monoisotopic (exact) mass is 1060 g/mol. The van der Waals surface area contributed by atoms with E-state index < -0.39 is 28.0 Å². The maximum absolute atomic E-state index is 11.8. The smallest absolute Gasteiger partial charge is 0.320 e. The number of aliphatic hydroxyl groups is 3. The molecule has 0 radical (unpaired) electrons. The third-order valence-corrected chi connectivity index (χ3v) is 10.2. The molecule has 0 unspecified atom stereocenters. The lowest BCUT2D eigenvalue weighted by Crippen LogP contribution is -2.29. The van der Waals surface area contributed by atoms with E-state index in [1.165, 1.54) is 0 Å². The molecule has 0 aliphatic carbocycles. The van der Waals surface area contributed by atoms with Gasteiger partial charge in [0.25, 0.3) is 10.1 Å². The molecule has 0 bridgehead atoms. The van der Waals surface area contributed by atoms with E-state index in [2.05, 4.69) is 4.18 Å². The summed E-state index contributed by atoms with van der Waals surface area (Å²) in [6.07, 6.45) is 1.91. The van der Waals surface area contributed by atoms with Crippen LogP contribution in [0.3, 0.4) is 0 Å². The fraction of sp³-hybridized carbons (Fsp3) is 0.527. The first-order chi connectivity index (χ1) is 36.1. The summed E-state index contributed by atoms with van der Waals surface area (Å²) in [6, 6.07) is 39.7. The normalized spacial score (nSPS) is 10.9. The predicted octanol–water partition coefficient (Wildman–Crippen LogP) is 5.97. The highest BCUT2D eigenvalue weighted by Gasteiger charge is 2.29. The van der Waals surface area contributed by atoms with Crippen molar-refractivity contribution in [1.82, 2.24) is 0 Å². The first-order valence-corrected chi connectivity index (χ1v) is 26.7. The molecule has 4 aromatic carbocycles. The lowest BCUT2D eigenvalue weighted by atomic mass is 10.1. The molecule has 0 amide bonds. The SMILES string of the molecule is CCOC(=O)C(CCOCCOCc1ccccc1)C(=O)OCC.CS(=O)(=O)OCCOCCOCc1ccccc1.OCC(CO)CCOCCOCc1ccccc1.OCCOCCOCc1ccccc1. The van der Waals surface area contributed by atoms with Crippen molar-refractivity contribution in [2.75, 3.05) is 125 Å². The zero-order valence-electron chi connectivity index (χ0n) is 43.5. The van der Waals surface area contributed by atoms with E-state index in [4.69, 9.17) is 62.7 Å². The number of carbonyl (C=O) groups is 2. The van der Waals surface area contributed by atoms with Gasteiger partial charge in [-0.2, -0.15) is 8.42 Å². The van der Waals surface area contributed by atoms with Gasteiger partial charge in [-0.1, -0.05) is 121 Å². The van der Waals surface area contributed by atoms with Gasteiger partial charge in [-0.25, -0.2) is 0 Å². The Labute approximate surface area is 439 Å². The Morgan fingerprint density at radius 2 is 0.716 bits per heavy atom. The highest BCUT2D eigenvalue weighted by molar-refractivity contribution is 7.85. The first-order valence-electron chi connectivity index (χ1n) is 24.8. The molecule has 0 spiro atoms. The molecule has 0 aromatic heterocycles. The summed E-state index contributed by atoms with van der Waals surface area (Å²) in [5.74, 6) is -2.15. The average molecular weight is 1060 g/mol. The minimum absolute atomic E-state index is 0.00433. The fourth-order valence-electron chi connectivity index (χ4n) is 5.75. The van der Waals surface area contributed by atoms with Crippen LogP contribution in [0.15, 0.2) is 121 Å². The van der Waals surface area contributed by atoms with Crippen LogP contribution >= 0.6 is 0 Å². The highest BCUT2D eigenvalue weighted by Crippen LogP contribution is 2.10. The van der Waals surface area contributed by atoms with Crippen LogP contribution in [0.25, 0.3) is 0 Å². The number of ether oxygens (including phenoxy) is 10. The van der Waals surface area contributed by atoms with Crippen molar-refractivity contribution in [3.05, 3.63) is 144 Å². The number of carbonyl (C=O) groups excluding carboxylic acids is 2. The topological polar surface area (TPSA) is 230 Å². The number of hydrogen-bond donors (Lipinski definition) is 3. The second-order valence-corrected chi connectivity index (χ2v) is 17.4. The summed E-state index contributed by atoms with van der Waals surface area (Å²) in [5.41, 5.74) is 4.52. The van der Waals surface area contributed by atoms with E-state index in [0.29, 0.717) is 98.9 Å². The molecule has 0 saturated heterocycles. The Hall–Kier alpha value is -4.71. The maximum Gasteiger partial charge on any atom is 0.320 e. The zero-order valence-corrected chi connectivity index (χ0v) is 44.4. The van der Waals surface area contributed by atoms with E-state index in [9.17, 15) is 18.0 Å². The summed E-state index contributed by atoms with van der Waals surface area (Å²) < 4.78 is 78.2. The van der Waals surface area contributed by atoms with Crippen LogP contribution in [-0.2, 0) is 97.7 Å². The molecule has 0 saturated carbocycles. The third kappa shape index (κ3) is 40.6. The Kier molecular flexibility index (Phi) is 43.6. The Morgan fingerprint density at radius 1 is 0.419 bits per heavy atom. The van der Waals surface area contributed by atoms with Crippen LogP contribution in [0, 0.1) is 11.8 Å². The maximum atomic E-state index is 11.8. The summed E-state index contributed by atoms with van der Waals surface area (Å²) in [6.45, 7) is 11.6. The zero-order chi connectivity index (χ0) is 54.0. The van der Waals surface area contributed by atoms with Crippen molar-refractivity contribution in [3.63, 3.8) is 0 Å². The summed E-state index contributed by atoms with van der Waals surface area (Å²) >= 11 is 0. The van der Waals surface area contributed by atoms with Gasteiger partial charge < -0.3 is 62.7 Å². The van der Waals surface area contributed by atoms with Crippen molar-refractivity contribution >= 4 is 22.1 Å². The number of esters is 2. The van der Waals surface area contributed by atoms with Crippen LogP contribution < -0.4 is 0 Å². The Bertz CT molecular complexity index is 1940. The van der Waals surface area contributed by atoms with Crippen LogP contribution in [0.5, 0.6) is 0 Å². The molecule has 3 N–H and O–H groups in total. The van der Waals surface area contributed by atoms with E-state index >= 15 is 0 Å². The van der Waals surface area contributed by atoms with Gasteiger partial charge in [0, 0.05) is 32.3 Å². The summed E-state index contributed by atoms with van der Waals surface area (Å²) in [7, 11) is -3.37. The average Bonchev–Trinajstić information content (AvgIpc) is 3.41. The lowest BCUT2D eigenvalue weighted by Gasteiger charge is -2.14. The van der Waals surface area contributed by atoms with Gasteiger partial charge >= 0.3 is 11.9 Å². The lowest BCUT2D eigenvalue weighted by molar-refractivity contribution is -0.162. The van der Waals surface area contributed by atoms with Gasteiger partial charge in [-0.15, -0.1) is 0 Å². The molecule has 0 fully saturated rings. The van der Waals surface area contributed by atoms with Crippen LogP contribution in [0.1, 0.15) is 48.9 Å². The van der Waals surface area contributed by atoms with Gasteiger partial charge in [-0.05, 0) is 48.9 Å². The van der Waals surface area contributed by atoms with Crippen molar-refractivity contribution in [1.29, 1.82) is 0 Å². The second kappa shape index (κ2) is 48.0. The van der Waals surface area contributed by atoms with E-state index in [-0.39, 0.29) is 65.2 Å². The molecule has 19 heteroatoms. The predicted molar refractivity (Wildman–Crippen MR) is 279 cm³/mol. The molecule has 0 heterocycles. The molecule has 74 heavy (non-hydrogen) atoms. The van der Waals surface area contributed by atoms with Crippen LogP contribution in [0.2, 0.25) is 0 Å². The van der Waals surface area contributed by atoms with Gasteiger partial charge in [-0.3, -0.25) is 13.8 Å². The number of benzene rings is 4. The minimum Gasteiger partial charge on any atom is -0.465 e. The molecule has 0 atom stereocenters. The molecule has 18 nitrogen and oxygen atoms in total. The molecule has 416 valence electrons. The quantitative estimate of drug-likeness (QED) is 0.0203. The van der Waals surface area contributed by atoms with Gasteiger partial charge in [0.05, 0.1) is 125 Å². The van der Waals surface area contributed by atoms with Crippen molar-refractivity contribution in [2.45, 2.75) is 53.1 Å². The van der Waals surface area contributed by atoms with Crippen molar-refractivity contribution in [3.8, 4) is 0 Å². The van der Waals surface area contributed by atoms with Gasteiger partial charge in [0.2, 0.25) is 0 Å². The van der Waals surface area contributed by atoms with Crippen molar-refractivity contribution in [2.24, 2.45) is 11.8 Å². The number of aliphatic hydroxyl groups excluding tert-OH is 3. The molecular formula is C55H82O18S. The standard InChI is InChI=1S/C18H26O6.C14H22O4.C12H18O5S.C11H16O3/c1-3-23-17(19)16(18(20)24-4-2)10-11-21-12-13-22-14-15-8-6-5-7-9-15;15-10-14(11-16)6-7-17-8-9-18-12-13-4-2-1-3-5-13;1-18(13,14)17-10-9-15-7-8-16-11-12-5-3-2-4-6-12;12-6-7-13-8-9-14-10-11-4-2-1-3-5-11/h5-9,16H,3-4,10-14H2,1-2H3;1-5,14-16H,6-12H2;2-6H,7-11H2,1H3;1-5,12H,6-10H2. The van der Waals surface area contributed by atoms with E-state index in [1.807, 2.05) is 121 Å².